The van der Waals surface area contributed by atoms with Crippen LogP contribution < -0.4 is 5.32 Å². The highest BCUT2D eigenvalue weighted by atomic mass is 16.1. The van der Waals surface area contributed by atoms with Crippen LogP contribution >= 0.6 is 0 Å². The predicted molar refractivity (Wildman–Crippen MR) is 230 cm³/mol. The minimum atomic E-state index is 0.0668. The van der Waals surface area contributed by atoms with Gasteiger partial charge in [0.25, 0.3) is 0 Å². The molecule has 54 heavy (non-hydrogen) atoms. The van der Waals surface area contributed by atoms with Crippen LogP contribution in [0.4, 0.5) is 0 Å². The fourth-order valence-electron chi connectivity index (χ4n) is 7.77. The van der Waals surface area contributed by atoms with Crippen molar-refractivity contribution < 1.29 is 9.59 Å². The molecule has 0 saturated heterocycles. The molecule has 2 aliphatic rings. The number of hydrogen-bond donors (Lipinski definition) is 3. The molecule has 2 aliphatic heterocycles. The largest absolute Gasteiger partial charge is 0.356 e. The van der Waals surface area contributed by atoms with E-state index in [1.165, 1.54) is 51.4 Å². The number of allylic oxidation sites excluding steroid dienone is 4. The highest BCUT2D eigenvalue weighted by molar-refractivity contribution is 5.97. The Bertz CT molecular complexity index is 2120. The van der Waals surface area contributed by atoms with Gasteiger partial charge in [0.15, 0.2) is 0 Å². The molecule has 5 rings (SSSR count). The van der Waals surface area contributed by atoms with Crippen LogP contribution in [0.3, 0.4) is 0 Å². The molecule has 286 valence electrons. The van der Waals surface area contributed by atoms with Gasteiger partial charge in [-0.05, 0) is 112 Å². The second kappa shape index (κ2) is 19.0. The zero-order valence-corrected chi connectivity index (χ0v) is 33.7. The number of carbonyl (C=O) groups is 2. The number of ketones is 1. The van der Waals surface area contributed by atoms with E-state index in [-0.39, 0.29) is 11.7 Å². The number of hydrogen-bond acceptors (Lipinski definition) is 4. The molecular weight excluding hydrogens is 667 g/mol. The van der Waals surface area contributed by atoms with Crippen LogP contribution in [0.5, 0.6) is 0 Å². The number of aryl methyl sites for hydroxylation is 2. The van der Waals surface area contributed by atoms with Gasteiger partial charge in [0, 0.05) is 52.6 Å². The Kier molecular flexibility index (Phi) is 14.2. The second-order valence-electron chi connectivity index (χ2n) is 15.2. The van der Waals surface area contributed by atoms with Crippen LogP contribution in [-0.4, -0.2) is 38.2 Å². The number of carbonyl (C=O) groups excluding carboxylic acids is 2. The Morgan fingerprint density at radius 3 is 1.61 bits per heavy atom. The summed E-state index contributed by atoms with van der Waals surface area (Å²) in [6.45, 7) is 21.3. The molecule has 3 N–H and O–H groups in total. The lowest BCUT2D eigenvalue weighted by molar-refractivity contribution is -0.121. The van der Waals surface area contributed by atoms with Gasteiger partial charge in [-0.1, -0.05) is 90.0 Å². The summed E-state index contributed by atoms with van der Waals surface area (Å²) < 4.78 is 0. The van der Waals surface area contributed by atoms with Crippen LogP contribution in [0.2, 0.25) is 0 Å². The molecule has 0 radical (unpaired) electrons. The number of nitrogens with one attached hydrogen (secondary N) is 3. The molecule has 0 fully saturated rings. The zero-order chi connectivity index (χ0) is 38.8. The van der Waals surface area contributed by atoms with Gasteiger partial charge in [0.1, 0.15) is 5.78 Å². The Balaban J connectivity index is 1.48. The van der Waals surface area contributed by atoms with E-state index in [4.69, 9.17) is 9.97 Å². The van der Waals surface area contributed by atoms with E-state index >= 15 is 0 Å². The van der Waals surface area contributed by atoms with Crippen LogP contribution in [0.25, 0.3) is 56.5 Å². The number of nitrogens with zero attached hydrogens (tertiary/aromatic N) is 2. The molecule has 3 aromatic rings. The normalized spacial score (nSPS) is 12.8. The van der Waals surface area contributed by atoms with Crippen molar-refractivity contribution in [3.05, 3.63) is 82.5 Å². The maximum atomic E-state index is 13.1. The number of fused-ring (bicyclic) bond motifs is 8. The Hall–Kier alpha value is -4.78. The first kappa shape index (κ1) is 40.4. The van der Waals surface area contributed by atoms with Crippen molar-refractivity contribution in [3.8, 4) is 0 Å². The van der Waals surface area contributed by atoms with Gasteiger partial charge < -0.3 is 20.1 Å². The van der Waals surface area contributed by atoms with E-state index in [2.05, 4.69) is 87.3 Å². The summed E-state index contributed by atoms with van der Waals surface area (Å²) in [5, 5.41) is 3.17. The fraction of sp³-hybridized carbons (Fsp3) is 0.447. The molecule has 1 amide bonds. The zero-order valence-electron chi connectivity index (χ0n) is 33.7. The summed E-state index contributed by atoms with van der Waals surface area (Å²) in [6, 6.07) is 8.38. The van der Waals surface area contributed by atoms with Gasteiger partial charge >= 0.3 is 0 Å². The fourth-order valence-corrected chi connectivity index (χ4v) is 7.77. The Labute approximate surface area is 322 Å². The van der Waals surface area contributed by atoms with Crippen LogP contribution in [0.15, 0.2) is 37.4 Å². The summed E-state index contributed by atoms with van der Waals surface area (Å²) >= 11 is 0. The lowest BCUT2D eigenvalue weighted by Crippen LogP contribution is -2.24. The van der Waals surface area contributed by atoms with Crippen molar-refractivity contribution in [3.63, 3.8) is 0 Å². The molecule has 8 bridgehead atoms. The lowest BCUT2D eigenvalue weighted by atomic mass is 9.97. The maximum Gasteiger partial charge on any atom is 0.220 e. The van der Waals surface area contributed by atoms with Crippen molar-refractivity contribution in [2.24, 2.45) is 0 Å². The van der Waals surface area contributed by atoms with Crippen molar-refractivity contribution >= 4 is 68.2 Å². The number of unbranched alkanes of at least 4 members (excludes halogenated alkanes) is 9. The predicted octanol–water partition coefficient (Wildman–Crippen LogP) is 12.3. The van der Waals surface area contributed by atoms with Gasteiger partial charge in [-0.2, -0.15) is 0 Å². The maximum absolute atomic E-state index is 13.1. The van der Waals surface area contributed by atoms with E-state index in [1.807, 2.05) is 12.2 Å². The number of Topliss-reactive ketones (excluding diaryl/α,β-unsaturated/α-hetero) is 1. The minimum absolute atomic E-state index is 0.0668. The lowest BCUT2D eigenvalue weighted by Gasteiger charge is -2.08. The first-order chi connectivity index (χ1) is 26.1. The summed E-state index contributed by atoms with van der Waals surface area (Å²) in [4.78, 5) is 43.0. The third-order valence-corrected chi connectivity index (χ3v) is 11.2. The Morgan fingerprint density at radius 1 is 0.630 bits per heavy atom. The molecule has 3 aromatic heterocycles. The molecule has 5 heterocycles. The molecular formula is C47H61N5O2. The van der Waals surface area contributed by atoms with Gasteiger partial charge in [0.05, 0.1) is 22.8 Å². The van der Waals surface area contributed by atoms with E-state index in [1.54, 1.807) is 6.92 Å². The summed E-state index contributed by atoms with van der Waals surface area (Å²) in [5.41, 5.74) is 15.6. The van der Waals surface area contributed by atoms with E-state index in [0.717, 1.165) is 102 Å². The number of aromatic amines is 2. The van der Waals surface area contributed by atoms with E-state index in [9.17, 15) is 9.59 Å². The monoisotopic (exact) mass is 727 g/mol. The van der Waals surface area contributed by atoms with Crippen LogP contribution in [-0.2, 0) is 9.59 Å². The topological polar surface area (TPSA) is 104 Å². The molecule has 0 spiro atoms. The minimum Gasteiger partial charge on any atom is -0.356 e. The number of rotatable bonds is 19. The highest BCUT2D eigenvalue weighted by Crippen LogP contribution is 2.38. The standard InChI is InChI=1S/C47H61N5O2/c1-9-12-13-14-15-16-17-18-19-20-25-48-47(54)24-23-38-34(8)40-26-39-31(5)35(10-2)43(49-39)27-41-32(6)36(11-3)44(50-41)28-42-33(7)37(22-21-30(4)53)45(52-42)29-46(38)51-40/h10-11,26-29,49-50H,2-3,9,12-25H2,1,4-8H3,(H,48,54). The third-order valence-electron chi connectivity index (χ3n) is 11.2. The average molecular weight is 728 g/mol. The molecule has 0 unspecified atom stereocenters. The summed E-state index contributed by atoms with van der Waals surface area (Å²) in [7, 11) is 0. The number of amides is 1. The first-order valence-electron chi connectivity index (χ1n) is 20.2. The van der Waals surface area contributed by atoms with Crippen molar-refractivity contribution in [2.75, 3.05) is 6.54 Å². The first-order valence-corrected chi connectivity index (χ1v) is 20.2. The quantitative estimate of drug-likeness (QED) is 0.107. The second-order valence-corrected chi connectivity index (χ2v) is 15.2. The molecule has 0 aromatic carbocycles. The molecule has 7 heteroatoms. The van der Waals surface area contributed by atoms with Crippen molar-refractivity contribution in [1.82, 2.24) is 25.3 Å². The number of H-pyrrole nitrogens is 2. The third kappa shape index (κ3) is 9.65. The molecule has 7 nitrogen and oxygen atoms in total. The molecule has 0 saturated carbocycles. The van der Waals surface area contributed by atoms with Gasteiger partial charge in [-0.3, -0.25) is 4.79 Å². The SMILES string of the molecule is C=Cc1c(C)c2cc3[nH]c(cc4nc(cc5nc(cc1[nH]2)C(C)=C5CCC(C)=O)C(CCC(=O)NCCCCCCCCCCCC)=C4C)c(C)c3C=C. The van der Waals surface area contributed by atoms with Crippen LogP contribution in [0, 0.1) is 13.8 Å². The smallest absolute Gasteiger partial charge is 0.220 e. The summed E-state index contributed by atoms with van der Waals surface area (Å²) in [5.74, 6) is 0.208. The van der Waals surface area contributed by atoms with Crippen molar-refractivity contribution in [1.29, 1.82) is 0 Å². The average Bonchev–Trinajstić information content (AvgIpc) is 3.81. The van der Waals surface area contributed by atoms with Crippen molar-refractivity contribution in [2.45, 2.75) is 131 Å². The van der Waals surface area contributed by atoms with Crippen LogP contribution in [0.1, 0.15) is 163 Å². The molecule has 0 aliphatic carbocycles. The van der Waals surface area contributed by atoms with Gasteiger partial charge in [-0.25, -0.2) is 9.97 Å². The number of aromatic nitrogens is 4. The van der Waals surface area contributed by atoms with E-state index < -0.39 is 0 Å². The molecule has 0 atom stereocenters. The summed E-state index contributed by atoms with van der Waals surface area (Å²) in [6.07, 6.45) is 18.5. The van der Waals surface area contributed by atoms with Gasteiger partial charge in [0.2, 0.25) is 5.91 Å². The van der Waals surface area contributed by atoms with E-state index in [0.29, 0.717) is 32.2 Å². The van der Waals surface area contributed by atoms with Gasteiger partial charge in [-0.15, -0.1) is 0 Å². The Morgan fingerprint density at radius 2 is 1.09 bits per heavy atom. The highest BCUT2D eigenvalue weighted by Gasteiger charge is 2.22.